The lowest BCUT2D eigenvalue weighted by Crippen LogP contribution is -2.25. The molecule has 1 amide bonds. The van der Waals surface area contributed by atoms with E-state index in [4.69, 9.17) is 9.47 Å². The predicted molar refractivity (Wildman–Crippen MR) is 108 cm³/mol. The van der Waals surface area contributed by atoms with Crippen molar-refractivity contribution < 1.29 is 14.3 Å². The molecular weight excluding hydrogens is 342 g/mol. The molecule has 0 aromatic heterocycles. The lowest BCUT2D eigenvalue weighted by molar-refractivity contribution is -0.119. The minimum Gasteiger partial charge on any atom is -0.497 e. The van der Waals surface area contributed by atoms with Crippen LogP contribution in [0.3, 0.4) is 0 Å². The van der Waals surface area contributed by atoms with Crippen molar-refractivity contribution >= 4 is 28.6 Å². The summed E-state index contributed by atoms with van der Waals surface area (Å²) < 4.78 is 10.4. The number of amides is 1. The number of carbonyl (C=O) groups excluding carboxylic acids is 1. The molecule has 6 nitrogen and oxygen atoms in total. The van der Waals surface area contributed by atoms with E-state index in [2.05, 4.69) is 15.8 Å². The Morgan fingerprint density at radius 3 is 2.59 bits per heavy atom. The molecule has 0 unspecified atom stereocenters. The minimum absolute atomic E-state index is 0.120. The molecule has 3 aromatic carbocycles. The van der Waals surface area contributed by atoms with Gasteiger partial charge in [0.05, 0.1) is 27.0 Å². The second kappa shape index (κ2) is 8.71. The number of carbonyl (C=O) groups is 1. The van der Waals surface area contributed by atoms with Crippen LogP contribution in [0.1, 0.15) is 5.56 Å². The first kappa shape index (κ1) is 18.3. The SMILES string of the molecule is COc1ccc(/C=N\NC(=O)CNc2ccc3ccccc3c2)c(OC)c1. The molecule has 138 valence electrons. The second-order valence-electron chi connectivity index (χ2n) is 5.82. The highest BCUT2D eigenvalue weighted by atomic mass is 16.5. The summed E-state index contributed by atoms with van der Waals surface area (Å²) in [6.45, 7) is 0.120. The van der Waals surface area contributed by atoms with Gasteiger partial charge in [-0.1, -0.05) is 30.3 Å². The third-order valence-electron chi connectivity index (χ3n) is 4.04. The Hall–Kier alpha value is -3.54. The highest BCUT2D eigenvalue weighted by Crippen LogP contribution is 2.23. The Morgan fingerprint density at radius 1 is 1.00 bits per heavy atom. The number of methoxy groups -OCH3 is 2. The number of hydrogen-bond donors (Lipinski definition) is 2. The van der Waals surface area contributed by atoms with E-state index in [0.717, 1.165) is 22.0 Å². The molecular formula is C21H21N3O3. The van der Waals surface area contributed by atoms with Crippen molar-refractivity contribution in [3.8, 4) is 11.5 Å². The molecule has 0 saturated carbocycles. The van der Waals surface area contributed by atoms with E-state index >= 15 is 0 Å². The first-order valence-electron chi connectivity index (χ1n) is 8.46. The van der Waals surface area contributed by atoms with Gasteiger partial charge < -0.3 is 14.8 Å². The highest BCUT2D eigenvalue weighted by molar-refractivity contribution is 5.88. The molecule has 6 heteroatoms. The van der Waals surface area contributed by atoms with Crippen molar-refractivity contribution in [2.45, 2.75) is 0 Å². The number of benzene rings is 3. The van der Waals surface area contributed by atoms with E-state index in [1.807, 2.05) is 42.5 Å². The normalized spacial score (nSPS) is 10.7. The van der Waals surface area contributed by atoms with E-state index in [0.29, 0.717) is 11.5 Å². The average molecular weight is 363 g/mol. The summed E-state index contributed by atoms with van der Waals surface area (Å²) in [6, 6.07) is 19.4. The van der Waals surface area contributed by atoms with Crippen LogP contribution in [0.4, 0.5) is 5.69 Å². The number of ether oxygens (including phenoxy) is 2. The van der Waals surface area contributed by atoms with E-state index in [1.165, 1.54) is 6.21 Å². The van der Waals surface area contributed by atoms with Crippen molar-refractivity contribution in [2.24, 2.45) is 5.10 Å². The molecule has 0 radical (unpaired) electrons. The monoisotopic (exact) mass is 363 g/mol. The summed E-state index contributed by atoms with van der Waals surface area (Å²) in [5, 5.41) is 9.35. The fraction of sp³-hybridized carbons (Fsp3) is 0.143. The van der Waals surface area contributed by atoms with Gasteiger partial charge in [0, 0.05) is 17.3 Å². The highest BCUT2D eigenvalue weighted by Gasteiger charge is 2.04. The first-order chi connectivity index (χ1) is 13.2. The standard InChI is InChI=1S/C21H21N3O3/c1-26-19-10-8-17(20(12-19)27-2)13-23-24-21(25)14-22-18-9-7-15-5-3-4-6-16(15)11-18/h3-13,22H,14H2,1-2H3,(H,24,25)/b23-13-. The van der Waals surface area contributed by atoms with Gasteiger partial charge in [0.25, 0.3) is 5.91 Å². The van der Waals surface area contributed by atoms with Crippen molar-refractivity contribution in [3.05, 3.63) is 66.2 Å². The van der Waals surface area contributed by atoms with Gasteiger partial charge in [0.2, 0.25) is 0 Å². The number of nitrogens with zero attached hydrogens (tertiary/aromatic N) is 1. The number of nitrogens with one attached hydrogen (secondary N) is 2. The summed E-state index contributed by atoms with van der Waals surface area (Å²) in [5.74, 6) is 1.06. The Kier molecular flexibility index (Phi) is 5.89. The third kappa shape index (κ3) is 4.76. The average Bonchev–Trinajstić information content (AvgIpc) is 2.72. The lowest BCUT2D eigenvalue weighted by Gasteiger charge is -2.08. The molecule has 0 atom stereocenters. The molecule has 0 fully saturated rings. The van der Waals surface area contributed by atoms with Gasteiger partial charge >= 0.3 is 0 Å². The Labute approximate surface area is 157 Å². The van der Waals surface area contributed by atoms with Crippen LogP contribution in [0.25, 0.3) is 10.8 Å². The fourth-order valence-electron chi connectivity index (χ4n) is 2.62. The number of hydrazone groups is 1. The first-order valence-corrected chi connectivity index (χ1v) is 8.46. The van der Waals surface area contributed by atoms with Gasteiger partial charge in [0.15, 0.2) is 0 Å². The van der Waals surface area contributed by atoms with Gasteiger partial charge in [-0.05, 0) is 35.0 Å². The molecule has 0 spiro atoms. The van der Waals surface area contributed by atoms with Crippen LogP contribution in [-0.2, 0) is 4.79 Å². The summed E-state index contributed by atoms with van der Waals surface area (Å²) in [7, 11) is 3.16. The van der Waals surface area contributed by atoms with Crippen molar-refractivity contribution in [1.82, 2.24) is 5.43 Å². The van der Waals surface area contributed by atoms with Crippen LogP contribution in [0, 0.1) is 0 Å². The van der Waals surface area contributed by atoms with Gasteiger partial charge in [-0.2, -0.15) is 5.10 Å². The fourth-order valence-corrected chi connectivity index (χ4v) is 2.62. The molecule has 3 aromatic rings. The van der Waals surface area contributed by atoms with Gasteiger partial charge in [-0.25, -0.2) is 5.43 Å². The van der Waals surface area contributed by atoms with Crippen LogP contribution < -0.4 is 20.2 Å². The predicted octanol–water partition coefficient (Wildman–Crippen LogP) is 3.42. The maximum absolute atomic E-state index is 12.0. The van der Waals surface area contributed by atoms with Crippen LogP contribution in [-0.4, -0.2) is 32.9 Å². The number of rotatable bonds is 7. The van der Waals surface area contributed by atoms with E-state index in [9.17, 15) is 4.79 Å². The van der Waals surface area contributed by atoms with Crippen LogP contribution >= 0.6 is 0 Å². The number of hydrogen-bond acceptors (Lipinski definition) is 5. The molecule has 27 heavy (non-hydrogen) atoms. The zero-order valence-electron chi connectivity index (χ0n) is 15.2. The smallest absolute Gasteiger partial charge is 0.259 e. The van der Waals surface area contributed by atoms with E-state index in [1.54, 1.807) is 32.4 Å². The van der Waals surface area contributed by atoms with Crippen LogP contribution in [0.2, 0.25) is 0 Å². The second-order valence-corrected chi connectivity index (χ2v) is 5.82. The van der Waals surface area contributed by atoms with E-state index < -0.39 is 0 Å². The summed E-state index contributed by atoms with van der Waals surface area (Å²) >= 11 is 0. The van der Waals surface area contributed by atoms with Crippen molar-refractivity contribution in [3.63, 3.8) is 0 Å². The molecule has 0 heterocycles. The maximum atomic E-state index is 12.0. The lowest BCUT2D eigenvalue weighted by atomic mass is 10.1. The number of fused-ring (bicyclic) bond motifs is 1. The third-order valence-corrected chi connectivity index (χ3v) is 4.04. The molecule has 3 rings (SSSR count). The zero-order valence-corrected chi connectivity index (χ0v) is 15.2. The van der Waals surface area contributed by atoms with Crippen molar-refractivity contribution in [2.75, 3.05) is 26.1 Å². The van der Waals surface area contributed by atoms with E-state index in [-0.39, 0.29) is 12.5 Å². The molecule has 0 aliphatic carbocycles. The van der Waals surface area contributed by atoms with Gasteiger partial charge in [-0.3, -0.25) is 4.79 Å². The quantitative estimate of drug-likeness (QED) is 0.498. The summed E-state index contributed by atoms with van der Waals surface area (Å²) in [6.07, 6.45) is 1.53. The molecule has 0 bridgehead atoms. The minimum atomic E-state index is -0.244. The summed E-state index contributed by atoms with van der Waals surface area (Å²) in [4.78, 5) is 12.0. The van der Waals surface area contributed by atoms with Gasteiger partial charge in [0.1, 0.15) is 11.5 Å². The maximum Gasteiger partial charge on any atom is 0.259 e. The summed E-state index contributed by atoms with van der Waals surface area (Å²) in [5.41, 5.74) is 4.12. The van der Waals surface area contributed by atoms with Crippen LogP contribution in [0.5, 0.6) is 11.5 Å². The largest absolute Gasteiger partial charge is 0.497 e. The molecule has 0 aliphatic heterocycles. The zero-order chi connectivity index (χ0) is 19.1. The number of anilines is 1. The van der Waals surface area contributed by atoms with Crippen LogP contribution in [0.15, 0.2) is 65.8 Å². The van der Waals surface area contributed by atoms with Gasteiger partial charge in [-0.15, -0.1) is 0 Å². The Balaban J connectivity index is 1.55. The van der Waals surface area contributed by atoms with Crippen molar-refractivity contribution in [1.29, 1.82) is 0 Å². The topological polar surface area (TPSA) is 72.0 Å². The molecule has 2 N–H and O–H groups in total. The molecule has 0 saturated heterocycles. The molecule has 0 aliphatic rings. The Morgan fingerprint density at radius 2 is 1.81 bits per heavy atom. The Bertz CT molecular complexity index is 970.